The van der Waals surface area contributed by atoms with Crippen LogP contribution in [0.3, 0.4) is 0 Å². The summed E-state index contributed by atoms with van der Waals surface area (Å²) in [5, 5.41) is -0.996. The van der Waals surface area contributed by atoms with Gasteiger partial charge in [0.15, 0.2) is 11.2 Å². The molecule has 2 rings (SSSR count). The highest BCUT2D eigenvalue weighted by Gasteiger charge is 2.74. The number of halogens is 6. The van der Waals surface area contributed by atoms with E-state index in [2.05, 4.69) is 31.7 Å². The Kier molecular flexibility index (Phi) is 8.77. The highest BCUT2D eigenvalue weighted by molar-refractivity contribution is 7.24. The van der Waals surface area contributed by atoms with Crippen molar-refractivity contribution >= 4 is 29.9 Å². The summed E-state index contributed by atoms with van der Waals surface area (Å²) in [5.74, 6) is -10.4. The zero-order chi connectivity index (χ0) is 26.7. The van der Waals surface area contributed by atoms with E-state index in [0.29, 0.717) is 13.0 Å². The monoisotopic (exact) mass is 537 g/mol. The number of allylic oxidation sites excluding steroid dienone is 2. The van der Waals surface area contributed by atoms with Crippen molar-refractivity contribution < 1.29 is 31.1 Å². The van der Waals surface area contributed by atoms with Crippen molar-refractivity contribution in [2.75, 3.05) is 6.61 Å². The molecule has 190 valence electrons. The first-order valence-electron chi connectivity index (χ1n) is 10.0. The Labute approximate surface area is 202 Å². The molecule has 0 aromatic carbocycles. The van der Waals surface area contributed by atoms with Gasteiger partial charge in [0.05, 0.1) is 6.61 Å². The van der Waals surface area contributed by atoms with Crippen LogP contribution in [0.1, 0.15) is 38.0 Å². The average molecular weight is 537 g/mol. The van der Waals surface area contributed by atoms with Crippen molar-refractivity contribution in [1.82, 2.24) is 20.2 Å². The van der Waals surface area contributed by atoms with Crippen LogP contribution < -0.4 is 0 Å². The summed E-state index contributed by atoms with van der Waals surface area (Å²) in [7, 11) is 1.97. The standard InChI is InChI=1S/C21H23F6N5OP2/c1-5-14(33-6-2)16(30-12(3)17-28-10-7-11-29-17)13-8-9-15(32-31-13)19(23,24)20(25,26)21(27,35)18(4,22)34/h5,7-11H,3,6,34-35H2,1-2,4H3/b14-5+,30-16?. The van der Waals surface area contributed by atoms with Crippen LogP contribution in [0.25, 0.3) is 5.70 Å². The third-order valence-electron chi connectivity index (χ3n) is 4.66. The normalized spacial score (nSPS) is 16.9. The molecule has 2 heterocycles. The minimum absolute atomic E-state index is 0.0203. The van der Waals surface area contributed by atoms with Crippen LogP contribution in [0.5, 0.6) is 0 Å². The lowest BCUT2D eigenvalue weighted by Gasteiger charge is -2.40. The van der Waals surface area contributed by atoms with Gasteiger partial charge in [-0.25, -0.2) is 23.7 Å². The highest BCUT2D eigenvalue weighted by Crippen LogP contribution is 2.59. The number of nitrogens with zero attached hydrogens (tertiary/aromatic N) is 5. The van der Waals surface area contributed by atoms with E-state index in [0.717, 1.165) is 24.5 Å². The van der Waals surface area contributed by atoms with Crippen LogP contribution in [0.4, 0.5) is 26.3 Å². The molecule has 0 spiro atoms. The molecule has 0 saturated carbocycles. The molecular formula is C21H23F6N5OP2. The van der Waals surface area contributed by atoms with Gasteiger partial charge in [-0.05, 0) is 45.0 Å². The number of ether oxygens (including phenoxy) is 1. The van der Waals surface area contributed by atoms with Gasteiger partial charge in [-0.3, -0.25) is 0 Å². The average Bonchev–Trinajstić information content (AvgIpc) is 2.80. The molecule has 0 fully saturated rings. The summed E-state index contributed by atoms with van der Waals surface area (Å²) in [6.07, 6.45) is 4.41. The SMILES string of the molecule is C=C(N=C(/C(=C\C)OCC)c1ccc(C(F)(F)C(F)(F)C(F)(P)C(C)(F)P)nn1)c1ncccn1. The number of aliphatic imine (C=N–C) groups is 1. The highest BCUT2D eigenvalue weighted by atomic mass is 31.0. The van der Waals surface area contributed by atoms with Gasteiger partial charge < -0.3 is 4.74 Å². The van der Waals surface area contributed by atoms with E-state index in [1.807, 2.05) is 0 Å². The van der Waals surface area contributed by atoms with E-state index in [1.54, 1.807) is 19.9 Å². The first-order valence-corrected chi connectivity index (χ1v) is 11.2. The molecule has 6 nitrogen and oxygen atoms in total. The zero-order valence-electron chi connectivity index (χ0n) is 18.9. The van der Waals surface area contributed by atoms with Crippen molar-refractivity contribution in [3.8, 4) is 0 Å². The minimum atomic E-state index is -5.51. The predicted octanol–water partition coefficient (Wildman–Crippen LogP) is 5.50. The van der Waals surface area contributed by atoms with Crippen molar-refractivity contribution in [2.45, 2.75) is 43.4 Å². The van der Waals surface area contributed by atoms with E-state index in [1.165, 1.54) is 18.5 Å². The molecule has 0 bridgehead atoms. The molecule has 0 aliphatic carbocycles. The second-order valence-corrected chi connectivity index (χ2v) is 9.19. The summed E-state index contributed by atoms with van der Waals surface area (Å²) in [5.41, 5.74) is -1.68. The Hall–Kier alpha value is -2.45. The molecule has 0 saturated heterocycles. The maximum Gasteiger partial charge on any atom is 0.357 e. The van der Waals surface area contributed by atoms with E-state index in [9.17, 15) is 26.3 Å². The van der Waals surface area contributed by atoms with Gasteiger partial charge in [-0.1, -0.05) is 25.1 Å². The fourth-order valence-corrected chi connectivity index (χ4v) is 3.00. The second-order valence-electron chi connectivity index (χ2n) is 7.31. The number of hydrogen-bond acceptors (Lipinski definition) is 6. The van der Waals surface area contributed by atoms with Gasteiger partial charge in [0.2, 0.25) is 5.41 Å². The van der Waals surface area contributed by atoms with Crippen molar-refractivity contribution in [3.05, 3.63) is 66.2 Å². The van der Waals surface area contributed by atoms with E-state index in [-0.39, 0.29) is 35.3 Å². The first kappa shape index (κ1) is 28.8. The van der Waals surface area contributed by atoms with Crippen molar-refractivity contribution in [1.29, 1.82) is 0 Å². The van der Waals surface area contributed by atoms with Crippen LogP contribution in [0.15, 0.2) is 54.0 Å². The number of alkyl halides is 6. The van der Waals surface area contributed by atoms with Crippen LogP contribution >= 0.6 is 18.5 Å². The molecule has 0 amide bonds. The predicted molar refractivity (Wildman–Crippen MR) is 127 cm³/mol. The first-order chi connectivity index (χ1) is 16.1. The van der Waals surface area contributed by atoms with Gasteiger partial charge in [0.1, 0.15) is 28.6 Å². The van der Waals surface area contributed by atoms with Crippen LogP contribution in [-0.2, 0) is 10.7 Å². The maximum absolute atomic E-state index is 14.7. The lowest BCUT2D eigenvalue weighted by Crippen LogP contribution is -2.58. The molecule has 35 heavy (non-hydrogen) atoms. The summed E-state index contributed by atoms with van der Waals surface area (Å²) < 4.78 is 92.4. The van der Waals surface area contributed by atoms with E-state index >= 15 is 0 Å². The second kappa shape index (κ2) is 10.7. The molecule has 0 aliphatic rings. The Morgan fingerprint density at radius 2 is 1.69 bits per heavy atom. The molecule has 0 aliphatic heterocycles. The summed E-state index contributed by atoms with van der Waals surface area (Å²) in [4.78, 5) is 12.3. The van der Waals surface area contributed by atoms with E-state index < -0.39 is 28.4 Å². The Morgan fingerprint density at radius 3 is 2.14 bits per heavy atom. The third-order valence-corrected chi connectivity index (χ3v) is 6.34. The molecular weight excluding hydrogens is 514 g/mol. The maximum atomic E-state index is 14.7. The third kappa shape index (κ3) is 5.70. The summed E-state index contributed by atoms with van der Waals surface area (Å²) in [6.45, 7) is 7.64. The molecule has 0 radical (unpaired) electrons. The summed E-state index contributed by atoms with van der Waals surface area (Å²) in [6, 6.07) is 3.01. The Morgan fingerprint density at radius 1 is 1.09 bits per heavy atom. The summed E-state index contributed by atoms with van der Waals surface area (Å²) >= 11 is 0. The van der Waals surface area contributed by atoms with Crippen LogP contribution in [0, 0.1) is 0 Å². The Bertz CT molecular complexity index is 1100. The molecule has 0 N–H and O–H groups in total. The fraction of sp³-hybridized carbons (Fsp3) is 0.381. The molecule has 14 heteroatoms. The largest absolute Gasteiger partial charge is 0.492 e. The quantitative estimate of drug-likeness (QED) is 0.173. The van der Waals surface area contributed by atoms with E-state index in [4.69, 9.17) is 4.74 Å². The smallest absolute Gasteiger partial charge is 0.357 e. The number of hydrogen-bond donors (Lipinski definition) is 0. The van der Waals surface area contributed by atoms with Crippen LogP contribution in [-0.4, -0.2) is 49.2 Å². The lowest BCUT2D eigenvalue weighted by molar-refractivity contribution is -0.270. The van der Waals surface area contributed by atoms with Gasteiger partial charge in [0, 0.05) is 12.4 Å². The molecule has 2 aromatic heterocycles. The van der Waals surface area contributed by atoms with Gasteiger partial charge in [-0.2, -0.15) is 17.6 Å². The Balaban J connectivity index is 2.55. The number of aromatic nitrogens is 4. The van der Waals surface area contributed by atoms with Crippen molar-refractivity contribution in [3.63, 3.8) is 0 Å². The van der Waals surface area contributed by atoms with Gasteiger partial charge >= 0.3 is 11.8 Å². The lowest BCUT2D eigenvalue weighted by atomic mass is 9.99. The van der Waals surface area contributed by atoms with Gasteiger partial charge in [-0.15, -0.1) is 10.2 Å². The minimum Gasteiger partial charge on any atom is -0.492 e. The van der Waals surface area contributed by atoms with Crippen LogP contribution in [0.2, 0.25) is 0 Å². The topological polar surface area (TPSA) is 73.2 Å². The van der Waals surface area contributed by atoms with Crippen molar-refractivity contribution in [2.24, 2.45) is 4.99 Å². The fourth-order valence-electron chi connectivity index (χ4n) is 2.64. The molecule has 4 atom stereocenters. The molecule has 4 unspecified atom stereocenters. The van der Waals surface area contributed by atoms with Gasteiger partial charge in [0.25, 0.3) is 0 Å². The number of rotatable bonds is 10. The zero-order valence-corrected chi connectivity index (χ0v) is 21.3. The molecule has 2 aromatic rings.